The van der Waals surface area contributed by atoms with Gasteiger partial charge in [-0.3, -0.25) is 38.4 Å². The van der Waals surface area contributed by atoms with E-state index in [4.69, 9.17) is 36.1 Å². The van der Waals surface area contributed by atoms with Gasteiger partial charge in [0.05, 0.1) is 102 Å². The molecule has 0 aliphatic heterocycles. The van der Waals surface area contributed by atoms with Crippen LogP contribution in [0, 0.1) is 52.8 Å². The third-order valence-electron chi connectivity index (χ3n) is 21.6. The number of nitrogens with one attached hydrogen (secondary N) is 5. The Balaban J connectivity index is 1.29. The van der Waals surface area contributed by atoms with E-state index in [-0.39, 0.29) is 142 Å². The number of benzene rings is 4. The first-order chi connectivity index (χ1) is 55.3. The molecule has 0 heterocycles. The molecule has 0 bridgehead atoms. The summed E-state index contributed by atoms with van der Waals surface area (Å²) in [6.07, 6.45) is 27.2. The maximum absolute atomic E-state index is 14.6. The predicted molar refractivity (Wildman–Crippen MR) is 470 cm³/mol. The largest absolute Gasteiger partial charge is 0.465 e. The highest BCUT2D eigenvalue weighted by Gasteiger charge is 2.53. The van der Waals surface area contributed by atoms with Crippen molar-refractivity contribution in [3.8, 4) is 0 Å². The lowest BCUT2D eigenvalue weighted by molar-refractivity contribution is -0.147. The van der Waals surface area contributed by atoms with Crippen LogP contribution in [-0.4, -0.2) is 79.6 Å². The predicted octanol–water partition coefficient (Wildman–Crippen LogP) is 18.6. The monoisotopic (exact) mass is 1600 g/mol. The van der Waals surface area contributed by atoms with Crippen molar-refractivity contribution in [2.24, 2.45) is 64.5 Å². The molecule has 4 fully saturated rings. The minimum absolute atomic E-state index is 0.0626. The van der Waals surface area contributed by atoms with Crippen LogP contribution in [0.5, 0.6) is 0 Å². The fourth-order valence-electron chi connectivity index (χ4n) is 13.6. The van der Waals surface area contributed by atoms with Gasteiger partial charge >= 0.3 is 23.9 Å². The Morgan fingerprint density at radius 2 is 0.769 bits per heavy atom. The van der Waals surface area contributed by atoms with Crippen LogP contribution >= 0.6 is 0 Å². The molecule has 4 aromatic carbocycles. The minimum atomic E-state index is -0.713. The average Bonchev–Trinajstić information content (AvgIpc) is 1.70. The first kappa shape index (κ1) is 91.9. The number of aryl methyl sites for hydroxylation is 1. The van der Waals surface area contributed by atoms with Crippen molar-refractivity contribution in [1.82, 2.24) is 0 Å². The second-order valence-corrected chi connectivity index (χ2v) is 35.6. The van der Waals surface area contributed by atoms with E-state index in [1.165, 1.54) is 17.2 Å². The van der Waals surface area contributed by atoms with Crippen LogP contribution < -0.4 is 38.5 Å². The van der Waals surface area contributed by atoms with Crippen molar-refractivity contribution in [3.63, 3.8) is 0 Å². The third kappa shape index (κ3) is 25.9. The standard InChI is InChI=1S/C97H128N8O12/c1-18-23-37-74(98)82(84-78(102-86(106)66-55-70(66)90(110)114-45-24-19-2)41-32-42-79(84)103-87(107)67-56-71(67)91(111)115-46-25-20-3)76(100)39-30-35-60(61-51-64(96(12,13)14)54-65(52-61)97(15,16)17)36-31-40-77(101)83(75(99)38-29-28-34-59-49-62(94(6,7)8)53-63(50-59)95(9,10)11)85-80(104-88(108)68-57-72(68)92(112)116-47-26-21-4)43-33-44-81(85)105-89(109)69-58-73(69)93(113)117-48-27-22-5/h18,23,29-33,35-44,49-54,66-73,100H,1,19-22,24-28,34,45-48,55-58,98-99,101H2,2-17H3,(H,102,106)(H,103,107)(H,104,108)(H,105,109)/b36-31+,37-23-,38-29-,39-30-,60-35-,77-40-,82-74+,83-75+,100-76?. The Morgan fingerprint density at radius 1 is 0.436 bits per heavy atom. The lowest BCUT2D eigenvalue weighted by Gasteiger charge is -2.26. The molecule has 0 aromatic heterocycles. The topological polar surface area (TPSA) is 324 Å². The van der Waals surface area contributed by atoms with Gasteiger partial charge in [0.1, 0.15) is 0 Å². The van der Waals surface area contributed by atoms with Crippen LogP contribution in [-0.2, 0) is 85.4 Å². The number of nitrogens with two attached hydrogens (primary N) is 3. The molecule has 4 aromatic rings. The molecule has 11 N–H and O–H groups in total. The van der Waals surface area contributed by atoms with Crippen molar-refractivity contribution < 1.29 is 57.3 Å². The van der Waals surface area contributed by atoms with Crippen LogP contribution in [0.15, 0.2) is 163 Å². The maximum atomic E-state index is 14.6. The molecular formula is C97H128N8O12. The van der Waals surface area contributed by atoms with Gasteiger partial charge < -0.3 is 62.8 Å². The van der Waals surface area contributed by atoms with Gasteiger partial charge in [-0.05, 0) is 173 Å². The molecule has 117 heavy (non-hydrogen) atoms. The Morgan fingerprint density at radius 3 is 1.11 bits per heavy atom. The number of anilines is 4. The number of allylic oxidation sites excluding steroid dienone is 14. The van der Waals surface area contributed by atoms with Gasteiger partial charge in [0.2, 0.25) is 23.6 Å². The quantitative estimate of drug-likeness (QED) is 0.00677. The van der Waals surface area contributed by atoms with Crippen LogP contribution in [0.4, 0.5) is 22.7 Å². The van der Waals surface area contributed by atoms with Crippen LogP contribution in [0.3, 0.4) is 0 Å². The summed E-state index contributed by atoms with van der Waals surface area (Å²) < 4.78 is 22.2. The molecule has 628 valence electrons. The van der Waals surface area contributed by atoms with Gasteiger partial charge in [0.15, 0.2) is 0 Å². The molecule has 0 spiro atoms. The van der Waals surface area contributed by atoms with Crippen LogP contribution in [0.1, 0.15) is 239 Å². The normalized spacial score (nSPS) is 19.8. The molecule has 20 heteroatoms. The minimum Gasteiger partial charge on any atom is -0.465 e. The van der Waals surface area contributed by atoms with E-state index in [1.807, 2.05) is 45.9 Å². The summed E-state index contributed by atoms with van der Waals surface area (Å²) in [4.78, 5) is 111. The number of hydrogen-bond donors (Lipinski definition) is 8. The van der Waals surface area contributed by atoms with E-state index >= 15 is 0 Å². The highest BCUT2D eigenvalue weighted by atomic mass is 16.5. The van der Waals surface area contributed by atoms with Crippen molar-refractivity contribution in [2.45, 2.75) is 222 Å². The van der Waals surface area contributed by atoms with Crippen LogP contribution in [0.2, 0.25) is 0 Å². The van der Waals surface area contributed by atoms with E-state index in [1.54, 1.807) is 78.9 Å². The molecule has 8 rings (SSSR count). The van der Waals surface area contributed by atoms with Crippen LogP contribution in [0.25, 0.3) is 16.7 Å². The molecule has 8 atom stereocenters. The van der Waals surface area contributed by atoms with Gasteiger partial charge in [-0.25, -0.2) is 0 Å². The van der Waals surface area contributed by atoms with Gasteiger partial charge in [-0.15, -0.1) is 0 Å². The van der Waals surface area contributed by atoms with E-state index in [9.17, 15) is 43.8 Å². The van der Waals surface area contributed by atoms with Crippen molar-refractivity contribution in [3.05, 3.63) is 208 Å². The number of unbranched alkanes of at least 4 members (excludes halogenated alkanes) is 4. The Hall–Kier alpha value is -10.6. The van der Waals surface area contributed by atoms with E-state index in [0.29, 0.717) is 44.1 Å². The number of rotatable bonds is 39. The third-order valence-corrected chi connectivity index (χ3v) is 21.6. The molecule has 0 radical (unpaired) electrons. The van der Waals surface area contributed by atoms with E-state index in [0.717, 1.165) is 47.9 Å². The van der Waals surface area contributed by atoms with Gasteiger partial charge in [-0.2, -0.15) is 0 Å². The average molecular weight is 1600 g/mol. The zero-order chi connectivity index (χ0) is 85.9. The number of esters is 4. The smallest absolute Gasteiger partial charge is 0.309 e. The lowest BCUT2D eigenvalue weighted by atomic mass is 9.79. The van der Waals surface area contributed by atoms with E-state index in [2.05, 4.69) is 147 Å². The molecular weight excluding hydrogens is 1470 g/mol. The Labute approximate surface area is 694 Å². The molecule has 4 aliphatic rings. The Kier molecular flexibility index (Phi) is 32.2. The summed E-state index contributed by atoms with van der Waals surface area (Å²) in [5.41, 5.74) is 30.1. The highest BCUT2D eigenvalue weighted by molar-refractivity contribution is 6.31. The second kappa shape index (κ2) is 41.0. The fourth-order valence-corrected chi connectivity index (χ4v) is 13.6. The summed E-state index contributed by atoms with van der Waals surface area (Å²) in [5.74, 6) is -9.13. The summed E-state index contributed by atoms with van der Waals surface area (Å²) in [5, 5.41) is 22.4. The number of carbonyl (C=O) groups is 8. The summed E-state index contributed by atoms with van der Waals surface area (Å²) >= 11 is 0. The summed E-state index contributed by atoms with van der Waals surface area (Å²) in [6, 6.07) is 23.2. The maximum Gasteiger partial charge on any atom is 0.309 e. The van der Waals surface area contributed by atoms with Gasteiger partial charge in [0.25, 0.3) is 0 Å². The molecule has 0 saturated heterocycles. The lowest BCUT2D eigenvalue weighted by Crippen LogP contribution is -2.22. The number of amides is 4. The molecule has 4 amide bonds. The zero-order valence-electron chi connectivity index (χ0n) is 72.0. The van der Waals surface area contributed by atoms with Crippen molar-refractivity contribution >= 4 is 92.7 Å². The second-order valence-electron chi connectivity index (χ2n) is 35.6. The highest BCUT2D eigenvalue weighted by Crippen LogP contribution is 2.47. The first-order valence-corrected chi connectivity index (χ1v) is 41.9. The van der Waals surface area contributed by atoms with E-state index < -0.39 is 94.8 Å². The SMILES string of the molecule is C=C/C=C\C(N)=C(\C(=N)\C=C/C=C(/C=C/C=C(N)/C(=C(N)/C=C\CCc1cc(C(C)(C)C)cc(C(C)(C)C)c1)c1c(NC(=O)C2CC2C(=O)OCCCC)cccc1NC(=O)C1CC1C(=O)OCCCC)c1cc(C(C)(C)C)cc(C(C)(C)C)c1)c1c(NC(=O)C2CC2C(=O)OCCCC)cccc1NC(=O)C1CC1C(=O)OCCCC. The van der Waals surface area contributed by atoms with Gasteiger partial charge in [-0.1, -0.05) is 234 Å². The van der Waals surface area contributed by atoms with Gasteiger partial charge in [0, 0.05) is 39.4 Å². The molecule has 4 saturated carbocycles. The van der Waals surface area contributed by atoms with Crippen molar-refractivity contribution in [2.75, 3.05) is 47.7 Å². The Bertz CT molecular complexity index is 4410. The molecule has 4 aliphatic carbocycles. The van der Waals surface area contributed by atoms with Crippen molar-refractivity contribution in [1.29, 1.82) is 5.41 Å². The summed E-state index contributed by atoms with van der Waals surface area (Å²) in [6.45, 7) is 38.9. The molecule has 8 unspecified atom stereocenters. The fraction of sp³-hybridized carbons (Fsp3) is 0.474. The molecule has 20 nitrogen and oxygen atoms in total. The number of ether oxygens (including phenoxy) is 4. The first-order valence-electron chi connectivity index (χ1n) is 41.9. The number of hydrogen-bond acceptors (Lipinski definition) is 16. The summed E-state index contributed by atoms with van der Waals surface area (Å²) in [7, 11) is 0. The number of carbonyl (C=O) groups excluding carboxylic acids is 8. The zero-order valence-corrected chi connectivity index (χ0v) is 72.0.